The number of nitrogens with zero attached hydrogens (tertiary/aromatic N) is 4. The van der Waals surface area contributed by atoms with Crippen molar-refractivity contribution in [3.63, 3.8) is 0 Å². The van der Waals surface area contributed by atoms with Crippen LogP contribution in [0.1, 0.15) is 34.9 Å². The third-order valence-electron chi connectivity index (χ3n) is 5.55. The van der Waals surface area contributed by atoms with Gasteiger partial charge in [-0.25, -0.2) is 4.98 Å². The lowest BCUT2D eigenvalue weighted by Crippen LogP contribution is -2.30. The normalized spacial score (nSPS) is 14.8. The molecule has 0 saturated carbocycles. The van der Waals surface area contributed by atoms with E-state index < -0.39 is 6.04 Å². The zero-order valence-electron chi connectivity index (χ0n) is 18.2. The topological polar surface area (TPSA) is 128 Å². The van der Waals surface area contributed by atoms with Crippen molar-refractivity contribution in [2.24, 2.45) is 5.11 Å². The van der Waals surface area contributed by atoms with Crippen molar-refractivity contribution in [2.75, 3.05) is 25.1 Å². The Balaban J connectivity index is 1.51. The van der Waals surface area contributed by atoms with E-state index in [1.54, 1.807) is 36.7 Å². The number of amides is 1. The molecule has 9 nitrogen and oxygen atoms in total. The number of ether oxygens (including phenoxy) is 1. The first kappa shape index (κ1) is 23.9. The molecule has 3 N–H and O–H groups in total. The molecule has 0 aliphatic carbocycles. The molecule has 1 amide bonds. The fourth-order valence-electron chi connectivity index (χ4n) is 3.78. The number of carbonyl (C=O) groups is 1. The number of anilines is 1. The summed E-state index contributed by atoms with van der Waals surface area (Å²) in [6, 6.07) is 10.4. The van der Waals surface area contributed by atoms with E-state index >= 15 is 0 Å². The molecule has 34 heavy (non-hydrogen) atoms. The maximum Gasteiger partial charge on any atom is 0.268 e. The van der Waals surface area contributed by atoms with E-state index in [2.05, 4.69) is 30.6 Å². The second-order valence-corrected chi connectivity index (χ2v) is 8.72. The fourth-order valence-corrected chi connectivity index (χ4v) is 4.19. The minimum absolute atomic E-state index is 0.0492. The first-order valence-corrected chi connectivity index (χ1v) is 11.5. The predicted octanol–water partition coefficient (Wildman–Crippen LogP) is 5.76. The second kappa shape index (κ2) is 11.3. The van der Waals surface area contributed by atoms with Gasteiger partial charge in [0.15, 0.2) is 0 Å². The molecule has 11 heteroatoms. The number of H-pyrrole nitrogens is 1. The summed E-state index contributed by atoms with van der Waals surface area (Å²) in [5.74, 6) is 0.365. The Morgan fingerprint density at radius 2 is 2.12 bits per heavy atom. The number of aromatic nitrogens is 2. The summed E-state index contributed by atoms with van der Waals surface area (Å²) in [6.07, 6.45) is 5.14. The first-order chi connectivity index (χ1) is 16.5. The smallest absolute Gasteiger partial charge is 0.268 e. The van der Waals surface area contributed by atoms with Crippen LogP contribution in [0, 0.1) is 0 Å². The number of nitrogens with one attached hydrogen (secondary N) is 3. The van der Waals surface area contributed by atoms with Crippen LogP contribution in [0.25, 0.3) is 21.6 Å². The van der Waals surface area contributed by atoms with Crippen molar-refractivity contribution >= 4 is 34.9 Å². The number of carbonyl (C=O) groups excluding carboxylic acids is 1. The van der Waals surface area contributed by atoms with Crippen LogP contribution in [0.4, 0.5) is 5.82 Å². The largest absolute Gasteiger partial charge is 0.381 e. The lowest BCUT2D eigenvalue weighted by molar-refractivity contribution is 0.0903. The van der Waals surface area contributed by atoms with Crippen molar-refractivity contribution in [1.82, 2.24) is 15.3 Å². The summed E-state index contributed by atoms with van der Waals surface area (Å²) in [7, 11) is 0. The lowest BCUT2D eigenvalue weighted by atomic mass is 10.1. The van der Waals surface area contributed by atoms with Crippen LogP contribution in [0.3, 0.4) is 0 Å². The van der Waals surface area contributed by atoms with Gasteiger partial charge in [0.05, 0.1) is 17.6 Å². The van der Waals surface area contributed by atoms with Crippen LogP contribution in [0.5, 0.6) is 0 Å². The third-order valence-corrected chi connectivity index (χ3v) is 6.09. The van der Waals surface area contributed by atoms with Crippen molar-refractivity contribution in [1.29, 1.82) is 0 Å². The van der Waals surface area contributed by atoms with E-state index in [1.165, 1.54) is 0 Å². The van der Waals surface area contributed by atoms with Gasteiger partial charge in [-0.15, -0.1) is 0 Å². The molecule has 0 bridgehead atoms. The number of rotatable bonds is 8. The molecule has 1 fully saturated rings. The summed E-state index contributed by atoms with van der Waals surface area (Å²) in [5.41, 5.74) is 11.3. The Morgan fingerprint density at radius 3 is 2.88 bits per heavy atom. The molecule has 0 spiro atoms. The standard InChI is InChI=1S/C23H23Cl2N7O2/c24-16-3-1-2-14(8-16)21(13-29-32-26)31-23(33)20-9-15(11-27-20)18-10-22(28-12-19(18)25)30-17-4-6-34-7-5-17/h1-3,8-12,17,21,27H,4-7,13H2,(H,28,30)(H,31,33)/t21-/m1/s1. The van der Waals surface area contributed by atoms with E-state index in [-0.39, 0.29) is 12.5 Å². The average molecular weight is 500 g/mol. The average Bonchev–Trinajstić information content (AvgIpc) is 3.34. The summed E-state index contributed by atoms with van der Waals surface area (Å²) in [6.45, 7) is 1.50. The van der Waals surface area contributed by atoms with E-state index in [0.29, 0.717) is 27.6 Å². The Labute approximate surface area is 206 Å². The molecule has 0 radical (unpaired) electrons. The van der Waals surface area contributed by atoms with E-state index in [4.69, 9.17) is 33.5 Å². The highest BCUT2D eigenvalue weighted by Gasteiger charge is 2.19. The quantitative estimate of drug-likeness (QED) is 0.207. The molecule has 3 heterocycles. The number of halogens is 2. The molecule has 1 saturated heterocycles. The van der Waals surface area contributed by atoms with Gasteiger partial charge in [-0.3, -0.25) is 4.79 Å². The summed E-state index contributed by atoms with van der Waals surface area (Å²) in [4.78, 5) is 23.1. The van der Waals surface area contributed by atoms with Gasteiger partial charge in [-0.05, 0) is 48.2 Å². The number of benzene rings is 1. The van der Waals surface area contributed by atoms with Gasteiger partial charge in [0, 0.05) is 52.7 Å². The number of aromatic amines is 1. The van der Waals surface area contributed by atoms with Gasteiger partial charge in [0.25, 0.3) is 5.91 Å². The molecule has 3 aromatic rings. The monoisotopic (exact) mass is 499 g/mol. The van der Waals surface area contributed by atoms with Crippen molar-refractivity contribution in [2.45, 2.75) is 24.9 Å². The van der Waals surface area contributed by atoms with Gasteiger partial charge in [-0.1, -0.05) is 40.4 Å². The Hall–Kier alpha value is -3.23. The van der Waals surface area contributed by atoms with Crippen LogP contribution in [0.2, 0.25) is 10.0 Å². The predicted molar refractivity (Wildman–Crippen MR) is 132 cm³/mol. The van der Waals surface area contributed by atoms with Gasteiger partial charge in [-0.2, -0.15) is 0 Å². The first-order valence-electron chi connectivity index (χ1n) is 10.8. The van der Waals surface area contributed by atoms with Crippen molar-refractivity contribution in [3.05, 3.63) is 80.5 Å². The molecule has 1 atom stereocenters. The molecule has 1 aliphatic rings. The minimum atomic E-state index is -0.534. The fraction of sp³-hybridized carbons (Fsp3) is 0.304. The maximum absolute atomic E-state index is 13.0. The number of pyridine rings is 1. The third kappa shape index (κ3) is 6.01. The SMILES string of the molecule is [N-]=[N+]=NC[C@@H](NC(=O)c1cc(-c2cc(NC3CCOCC3)ncc2Cl)c[nH]1)c1cccc(Cl)c1. The molecule has 2 aromatic heterocycles. The molecule has 176 valence electrons. The van der Waals surface area contributed by atoms with Crippen LogP contribution in [-0.4, -0.2) is 41.7 Å². The van der Waals surface area contributed by atoms with Crippen LogP contribution >= 0.6 is 23.2 Å². The lowest BCUT2D eigenvalue weighted by Gasteiger charge is -2.23. The van der Waals surface area contributed by atoms with E-state index in [0.717, 1.165) is 42.7 Å². The molecule has 0 unspecified atom stereocenters. The minimum Gasteiger partial charge on any atom is -0.381 e. The Bertz CT molecular complexity index is 1200. The highest BCUT2D eigenvalue weighted by molar-refractivity contribution is 6.33. The molecular formula is C23H23Cl2N7O2. The van der Waals surface area contributed by atoms with E-state index in [9.17, 15) is 4.79 Å². The molecule has 4 rings (SSSR count). The highest BCUT2D eigenvalue weighted by Crippen LogP contribution is 2.30. The summed E-state index contributed by atoms with van der Waals surface area (Å²) >= 11 is 12.5. The van der Waals surface area contributed by atoms with Crippen LogP contribution < -0.4 is 10.6 Å². The molecule has 1 aromatic carbocycles. The Morgan fingerprint density at radius 1 is 1.29 bits per heavy atom. The zero-order chi connectivity index (χ0) is 23.9. The van der Waals surface area contributed by atoms with E-state index in [1.807, 2.05) is 12.1 Å². The summed E-state index contributed by atoms with van der Waals surface area (Å²) < 4.78 is 5.40. The number of azide groups is 1. The van der Waals surface area contributed by atoms with Gasteiger partial charge in [0.2, 0.25) is 0 Å². The van der Waals surface area contributed by atoms with Crippen LogP contribution in [0.15, 0.2) is 53.9 Å². The van der Waals surface area contributed by atoms with Gasteiger partial charge < -0.3 is 20.4 Å². The summed E-state index contributed by atoms with van der Waals surface area (Å²) in [5, 5.41) is 10.9. The molecular weight excluding hydrogens is 477 g/mol. The molecule has 1 aliphatic heterocycles. The van der Waals surface area contributed by atoms with Crippen molar-refractivity contribution < 1.29 is 9.53 Å². The second-order valence-electron chi connectivity index (χ2n) is 7.88. The number of hydrogen-bond donors (Lipinski definition) is 3. The van der Waals surface area contributed by atoms with Crippen molar-refractivity contribution in [3.8, 4) is 11.1 Å². The highest BCUT2D eigenvalue weighted by atomic mass is 35.5. The Kier molecular flexibility index (Phi) is 7.92. The van der Waals surface area contributed by atoms with Crippen LogP contribution in [-0.2, 0) is 4.74 Å². The number of hydrogen-bond acceptors (Lipinski definition) is 5. The zero-order valence-corrected chi connectivity index (χ0v) is 19.7. The van der Waals surface area contributed by atoms with Gasteiger partial charge in [0.1, 0.15) is 11.5 Å². The maximum atomic E-state index is 13.0. The van der Waals surface area contributed by atoms with Gasteiger partial charge >= 0.3 is 0 Å².